The van der Waals surface area contributed by atoms with E-state index in [1.165, 1.54) is 0 Å². The van der Waals surface area contributed by atoms with Crippen molar-refractivity contribution in [2.45, 2.75) is 19.3 Å². The first-order valence-corrected chi connectivity index (χ1v) is 6.67. The highest BCUT2D eigenvalue weighted by Crippen LogP contribution is 2.28. The van der Waals surface area contributed by atoms with Crippen LogP contribution < -0.4 is 10.1 Å². The molecule has 1 aromatic heterocycles. The predicted molar refractivity (Wildman–Crippen MR) is 74.5 cm³/mol. The smallest absolute Gasteiger partial charge is 0.321 e. The summed E-state index contributed by atoms with van der Waals surface area (Å²) < 4.78 is 5.48. The molecule has 20 heavy (non-hydrogen) atoms. The van der Waals surface area contributed by atoms with Crippen LogP contribution in [0.2, 0.25) is 0 Å². The monoisotopic (exact) mass is 269 g/mol. The normalized spacial score (nSPS) is 14.4. The summed E-state index contributed by atoms with van der Waals surface area (Å²) in [6.45, 7) is 0. The molecule has 1 aliphatic carbocycles. The maximum atomic E-state index is 11.8. The number of carbonyl (C=O) groups excluding carboxylic acids is 1. The van der Waals surface area contributed by atoms with Gasteiger partial charge in [0.25, 0.3) is 0 Å². The lowest BCUT2D eigenvalue weighted by Crippen LogP contribution is -2.27. The quantitative estimate of drug-likeness (QED) is 0.926. The lowest BCUT2D eigenvalue weighted by atomic mass is 9.85. The lowest BCUT2D eigenvalue weighted by molar-refractivity contribution is -0.122. The average Bonchev–Trinajstić information content (AvgIpc) is 2.40. The average molecular weight is 269 g/mol. The minimum atomic E-state index is 0.108. The van der Waals surface area contributed by atoms with Crippen LogP contribution in [0.25, 0.3) is 0 Å². The number of nitrogens with zero attached hydrogens (tertiary/aromatic N) is 2. The molecule has 1 heterocycles. The largest absolute Gasteiger partial charge is 0.424 e. The molecule has 1 amide bonds. The molecule has 102 valence electrons. The van der Waals surface area contributed by atoms with E-state index in [4.69, 9.17) is 4.74 Å². The standard InChI is InChI=1S/C15H15N3O2/c19-14(11-3-1-4-11)18-12-5-7-13(8-6-12)20-15-16-9-2-10-17-15/h2,5-11H,1,3-4H2,(H,18,19). The molecule has 2 aromatic rings. The second-order valence-electron chi connectivity index (χ2n) is 4.77. The number of amides is 1. The van der Waals surface area contributed by atoms with E-state index < -0.39 is 0 Å². The van der Waals surface area contributed by atoms with Crippen molar-refractivity contribution >= 4 is 11.6 Å². The number of hydrogen-bond donors (Lipinski definition) is 1. The van der Waals surface area contributed by atoms with Crippen molar-refractivity contribution in [2.75, 3.05) is 5.32 Å². The predicted octanol–water partition coefficient (Wildman–Crippen LogP) is 3.01. The second kappa shape index (κ2) is 5.69. The molecule has 5 nitrogen and oxygen atoms in total. The molecule has 1 fully saturated rings. The molecule has 5 heteroatoms. The number of carbonyl (C=O) groups is 1. The highest BCUT2D eigenvalue weighted by molar-refractivity contribution is 5.93. The number of aromatic nitrogens is 2. The number of ether oxygens (including phenoxy) is 1. The van der Waals surface area contributed by atoms with E-state index in [9.17, 15) is 4.79 Å². The van der Waals surface area contributed by atoms with E-state index in [0.29, 0.717) is 11.8 Å². The fourth-order valence-corrected chi connectivity index (χ4v) is 1.96. The van der Waals surface area contributed by atoms with Gasteiger partial charge in [-0.05, 0) is 43.2 Å². The van der Waals surface area contributed by atoms with Crippen LogP contribution in [0, 0.1) is 5.92 Å². The van der Waals surface area contributed by atoms with Crippen LogP contribution in [0.4, 0.5) is 5.69 Å². The van der Waals surface area contributed by atoms with E-state index in [2.05, 4.69) is 15.3 Å². The van der Waals surface area contributed by atoms with E-state index >= 15 is 0 Å². The highest BCUT2D eigenvalue weighted by Gasteiger charge is 2.24. The van der Waals surface area contributed by atoms with Crippen LogP contribution >= 0.6 is 0 Å². The molecule has 0 unspecified atom stereocenters. The van der Waals surface area contributed by atoms with E-state index in [1.807, 2.05) is 12.1 Å². The number of anilines is 1. The Hall–Kier alpha value is -2.43. The minimum absolute atomic E-state index is 0.108. The SMILES string of the molecule is O=C(Nc1ccc(Oc2ncccn2)cc1)C1CCC1. The molecule has 0 spiro atoms. The maximum absolute atomic E-state index is 11.8. The summed E-state index contributed by atoms with van der Waals surface area (Å²) in [6.07, 6.45) is 6.39. The van der Waals surface area contributed by atoms with Crippen molar-refractivity contribution in [3.05, 3.63) is 42.7 Å². The Morgan fingerprint density at radius 2 is 1.85 bits per heavy atom. The van der Waals surface area contributed by atoms with Crippen molar-refractivity contribution in [1.82, 2.24) is 9.97 Å². The molecule has 3 rings (SSSR count). The third-order valence-electron chi connectivity index (χ3n) is 3.35. The minimum Gasteiger partial charge on any atom is -0.424 e. The van der Waals surface area contributed by atoms with Crippen LogP contribution in [0.5, 0.6) is 11.8 Å². The van der Waals surface area contributed by atoms with Crippen LogP contribution in [0.1, 0.15) is 19.3 Å². The molecule has 0 bridgehead atoms. The summed E-state index contributed by atoms with van der Waals surface area (Å²) in [5.41, 5.74) is 0.781. The van der Waals surface area contributed by atoms with Crippen LogP contribution in [-0.2, 0) is 4.79 Å². The summed E-state index contributed by atoms with van der Waals surface area (Å²) in [7, 11) is 0. The molecule has 0 aliphatic heterocycles. The van der Waals surface area contributed by atoms with Gasteiger partial charge in [0.05, 0.1) is 0 Å². The Morgan fingerprint density at radius 1 is 1.15 bits per heavy atom. The summed E-state index contributed by atoms with van der Waals surface area (Å²) in [6, 6.07) is 9.23. The van der Waals surface area contributed by atoms with Gasteiger partial charge in [-0.2, -0.15) is 0 Å². The van der Waals surface area contributed by atoms with Crippen LogP contribution in [-0.4, -0.2) is 15.9 Å². The third-order valence-corrected chi connectivity index (χ3v) is 3.35. The lowest BCUT2D eigenvalue weighted by Gasteiger charge is -2.24. The number of benzene rings is 1. The fourth-order valence-electron chi connectivity index (χ4n) is 1.96. The Bertz CT molecular complexity index is 580. The number of hydrogen-bond acceptors (Lipinski definition) is 4. The molecule has 0 atom stereocenters. The molecule has 1 aromatic carbocycles. The zero-order valence-corrected chi connectivity index (χ0v) is 11.0. The highest BCUT2D eigenvalue weighted by atomic mass is 16.5. The molecule has 1 aliphatic rings. The molecule has 1 N–H and O–H groups in total. The van der Waals surface area contributed by atoms with Gasteiger partial charge in [0, 0.05) is 24.0 Å². The van der Waals surface area contributed by atoms with Crippen molar-refractivity contribution in [3.63, 3.8) is 0 Å². The summed E-state index contributed by atoms with van der Waals surface area (Å²) >= 11 is 0. The maximum Gasteiger partial charge on any atom is 0.321 e. The van der Waals surface area contributed by atoms with Crippen molar-refractivity contribution < 1.29 is 9.53 Å². The Kier molecular flexibility index (Phi) is 3.58. The topological polar surface area (TPSA) is 64.1 Å². The third kappa shape index (κ3) is 2.93. The first kappa shape index (κ1) is 12.6. The van der Waals surface area contributed by atoms with Gasteiger partial charge in [-0.1, -0.05) is 6.42 Å². The first-order valence-electron chi connectivity index (χ1n) is 6.67. The van der Waals surface area contributed by atoms with Gasteiger partial charge in [0.15, 0.2) is 0 Å². The number of nitrogens with one attached hydrogen (secondary N) is 1. The van der Waals surface area contributed by atoms with E-state index in [1.54, 1.807) is 30.6 Å². The zero-order chi connectivity index (χ0) is 13.8. The Morgan fingerprint density at radius 3 is 2.45 bits per heavy atom. The van der Waals surface area contributed by atoms with Crippen molar-refractivity contribution in [2.24, 2.45) is 5.92 Å². The molecule has 0 saturated heterocycles. The van der Waals surface area contributed by atoms with Gasteiger partial charge >= 0.3 is 6.01 Å². The van der Waals surface area contributed by atoms with Crippen molar-refractivity contribution in [1.29, 1.82) is 0 Å². The van der Waals surface area contributed by atoms with E-state index in [-0.39, 0.29) is 11.8 Å². The van der Waals surface area contributed by atoms with Crippen LogP contribution in [0.15, 0.2) is 42.7 Å². The summed E-state index contributed by atoms with van der Waals surface area (Å²) in [4.78, 5) is 19.8. The van der Waals surface area contributed by atoms with Gasteiger partial charge in [-0.15, -0.1) is 0 Å². The van der Waals surface area contributed by atoms with Gasteiger partial charge in [-0.25, -0.2) is 9.97 Å². The first-order chi connectivity index (χ1) is 9.81. The molecule has 1 saturated carbocycles. The van der Waals surface area contributed by atoms with Crippen molar-refractivity contribution in [3.8, 4) is 11.8 Å². The summed E-state index contributed by atoms with van der Waals surface area (Å²) in [5.74, 6) is 0.929. The second-order valence-corrected chi connectivity index (χ2v) is 4.77. The van der Waals surface area contributed by atoms with E-state index in [0.717, 1.165) is 24.9 Å². The fraction of sp³-hybridized carbons (Fsp3) is 0.267. The Labute approximate surface area is 117 Å². The van der Waals surface area contributed by atoms with Crippen LogP contribution in [0.3, 0.4) is 0 Å². The molecular formula is C15H15N3O2. The number of rotatable bonds is 4. The molecular weight excluding hydrogens is 254 g/mol. The van der Waals surface area contributed by atoms with Gasteiger partial charge in [-0.3, -0.25) is 4.79 Å². The van der Waals surface area contributed by atoms with Gasteiger partial charge in [0.2, 0.25) is 5.91 Å². The zero-order valence-electron chi connectivity index (χ0n) is 11.0. The van der Waals surface area contributed by atoms with Gasteiger partial charge < -0.3 is 10.1 Å². The summed E-state index contributed by atoms with van der Waals surface area (Å²) in [5, 5.41) is 2.91. The molecule has 0 radical (unpaired) electrons. The Balaban J connectivity index is 1.61. The van der Waals surface area contributed by atoms with Gasteiger partial charge in [0.1, 0.15) is 5.75 Å².